The minimum Gasteiger partial charge on any atom is -0.316 e. The van der Waals surface area contributed by atoms with Crippen LogP contribution in [0.15, 0.2) is 0 Å². The molecule has 0 radical (unpaired) electrons. The molecule has 3 unspecified atom stereocenters. The van der Waals surface area contributed by atoms with Gasteiger partial charge in [-0.1, -0.05) is 6.92 Å². The van der Waals surface area contributed by atoms with E-state index in [1.54, 1.807) is 0 Å². The lowest BCUT2D eigenvalue weighted by Crippen LogP contribution is -2.29. The molecule has 0 saturated heterocycles. The summed E-state index contributed by atoms with van der Waals surface area (Å²) in [4.78, 5) is 0. The van der Waals surface area contributed by atoms with Crippen LogP contribution in [0.2, 0.25) is 0 Å². The molecule has 0 amide bonds. The van der Waals surface area contributed by atoms with Crippen LogP contribution in [0.5, 0.6) is 0 Å². The van der Waals surface area contributed by atoms with Crippen molar-refractivity contribution >= 4 is 9.24 Å². The molecule has 1 rings (SSSR count). The maximum atomic E-state index is 3.32. The second-order valence-electron chi connectivity index (χ2n) is 3.01. The summed E-state index contributed by atoms with van der Waals surface area (Å²) in [5, 5.41) is 3.32. The van der Waals surface area contributed by atoms with Gasteiger partial charge in [0, 0.05) is 6.04 Å². The highest BCUT2D eigenvalue weighted by atomic mass is 31.0. The van der Waals surface area contributed by atoms with Crippen molar-refractivity contribution in [2.75, 3.05) is 13.2 Å². The van der Waals surface area contributed by atoms with Gasteiger partial charge in [0.05, 0.1) is 0 Å². The molecule has 1 aliphatic carbocycles. The third-order valence-corrected chi connectivity index (χ3v) is 2.82. The first-order valence-corrected chi connectivity index (χ1v) is 4.48. The van der Waals surface area contributed by atoms with E-state index in [1.165, 1.54) is 12.6 Å². The average Bonchev–Trinajstić information content (AvgIpc) is 2.51. The highest BCUT2D eigenvalue weighted by Gasteiger charge is 2.37. The quantitative estimate of drug-likeness (QED) is 0.586. The van der Waals surface area contributed by atoms with Crippen LogP contribution in [-0.4, -0.2) is 19.3 Å². The van der Waals surface area contributed by atoms with Crippen molar-refractivity contribution in [3.8, 4) is 0 Å². The minimum absolute atomic E-state index is 0.755. The molecule has 4 atom stereocenters. The summed E-state index contributed by atoms with van der Waals surface area (Å²) in [6, 6.07) is 0.755. The SMILES string of the molecule is CNC(CP)C1C[C@H]1C. The summed E-state index contributed by atoms with van der Waals surface area (Å²) >= 11 is 0. The Kier molecular flexibility index (Phi) is 2.49. The van der Waals surface area contributed by atoms with Crippen molar-refractivity contribution in [2.45, 2.75) is 19.4 Å². The fourth-order valence-electron chi connectivity index (χ4n) is 1.42. The fraction of sp³-hybridized carbons (Fsp3) is 1.00. The molecule has 0 aromatic heterocycles. The third-order valence-electron chi connectivity index (χ3n) is 2.31. The van der Waals surface area contributed by atoms with Gasteiger partial charge in [0.25, 0.3) is 0 Å². The zero-order valence-electron chi connectivity index (χ0n) is 6.22. The second-order valence-corrected chi connectivity index (χ2v) is 3.48. The second kappa shape index (κ2) is 2.98. The predicted octanol–water partition coefficient (Wildman–Crippen LogP) is 1.11. The molecular weight excluding hydrogens is 129 g/mol. The molecule has 1 nitrogen and oxygen atoms in total. The minimum atomic E-state index is 0.755. The van der Waals surface area contributed by atoms with Gasteiger partial charge in [-0.05, 0) is 31.5 Å². The summed E-state index contributed by atoms with van der Waals surface area (Å²) in [5.74, 6) is 1.94. The van der Waals surface area contributed by atoms with E-state index in [9.17, 15) is 0 Å². The van der Waals surface area contributed by atoms with E-state index < -0.39 is 0 Å². The van der Waals surface area contributed by atoms with E-state index in [-0.39, 0.29) is 0 Å². The predicted molar refractivity (Wildman–Crippen MR) is 44.7 cm³/mol. The smallest absolute Gasteiger partial charge is 0.0129 e. The summed E-state index contributed by atoms with van der Waals surface area (Å²) in [6.45, 7) is 2.33. The van der Waals surface area contributed by atoms with Crippen LogP contribution in [-0.2, 0) is 0 Å². The zero-order valence-corrected chi connectivity index (χ0v) is 7.38. The number of hydrogen-bond acceptors (Lipinski definition) is 1. The van der Waals surface area contributed by atoms with Crippen LogP contribution in [0.3, 0.4) is 0 Å². The van der Waals surface area contributed by atoms with Gasteiger partial charge in [-0.25, -0.2) is 0 Å². The lowest BCUT2D eigenvalue weighted by atomic mass is 10.2. The molecule has 2 heteroatoms. The van der Waals surface area contributed by atoms with Gasteiger partial charge in [0.1, 0.15) is 0 Å². The number of nitrogens with one attached hydrogen (secondary N) is 1. The molecule has 1 fully saturated rings. The van der Waals surface area contributed by atoms with E-state index in [4.69, 9.17) is 0 Å². The molecular formula is C7H16NP. The van der Waals surface area contributed by atoms with Crippen molar-refractivity contribution in [1.29, 1.82) is 0 Å². The van der Waals surface area contributed by atoms with Crippen LogP contribution < -0.4 is 5.32 Å². The first-order chi connectivity index (χ1) is 4.29. The highest BCUT2D eigenvalue weighted by Crippen LogP contribution is 2.40. The third kappa shape index (κ3) is 1.65. The Hall–Kier alpha value is 0.390. The van der Waals surface area contributed by atoms with Crippen LogP contribution >= 0.6 is 9.24 Å². The topological polar surface area (TPSA) is 12.0 Å². The molecule has 0 aromatic carbocycles. The molecule has 0 aliphatic heterocycles. The number of rotatable bonds is 3. The highest BCUT2D eigenvalue weighted by molar-refractivity contribution is 7.16. The standard InChI is InChI=1S/C7H16NP/c1-5-3-6(5)7(4-9)8-2/h5-8H,3-4,9H2,1-2H3/t5-,6?,7?/m1/s1. The Morgan fingerprint density at radius 2 is 2.33 bits per heavy atom. The van der Waals surface area contributed by atoms with Gasteiger partial charge in [-0.15, -0.1) is 9.24 Å². The molecule has 1 aliphatic rings. The Morgan fingerprint density at radius 1 is 1.78 bits per heavy atom. The largest absolute Gasteiger partial charge is 0.316 e. The van der Waals surface area contributed by atoms with Gasteiger partial charge >= 0.3 is 0 Å². The summed E-state index contributed by atoms with van der Waals surface area (Å²) in [7, 11) is 4.86. The van der Waals surface area contributed by atoms with E-state index in [0.29, 0.717) is 0 Å². The van der Waals surface area contributed by atoms with Crippen LogP contribution in [0.1, 0.15) is 13.3 Å². The monoisotopic (exact) mass is 145 g/mol. The van der Waals surface area contributed by atoms with Gasteiger partial charge in [0.2, 0.25) is 0 Å². The van der Waals surface area contributed by atoms with Gasteiger partial charge in [-0.3, -0.25) is 0 Å². The van der Waals surface area contributed by atoms with E-state index in [0.717, 1.165) is 17.9 Å². The van der Waals surface area contributed by atoms with Crippen molar-refractivity contribution in [1.82, 2.24) is 5.32 Å². The molecule has 0 spiro atoms. The fourth-order valence-corrected chi connectivity index (χ4v) is 2.00. The van der Waals surface area contributed by atoms with E-state index in [1.807, 2.05) is 0 Å². The summed E-state index contributed by atoms with van der Waals surface area (Å²) in [6.07, 6.45) is 2.63. The molecule has 9 heavy (non-hydrogen) atoms. The summed E-state index contributed by atoms with van der Waals surface area (Å²) in [5.41, 5.74) is 0. The van der Waals surface area contributed by atoms with E-state index >= 15 is 0 Å². The van der Waals surface area contributed by atoms with Gasteiger partial charge in [0.15, 0.2) is 0 Å². The van der Waals surface area contributed by atoms with Gasteiger partial charge < -0.3 is 5.32 Å². The first kappa shape index (κ1) is 7.50. The Bertz CT molecular complexity index is 90.9. The Morgan fingerprint density at radius 3 is 2.44 bits per heavy atom. The summed E-state index contributed by atoms with van der Waals surface area (Å²) < 4.78 is 0. The maximum Gasteiger partial charge on any atom is 0.0129 e. The van der Waals surface area contributed by atoms with Crippen LogP contribution in [0.4, 0.5) is 0 Å². The normalized spacial score (nSPS) is 36.3. The molecule has 1 saturated carbocycles. The number of hydrogen-bond donors (Lipinski definition) is 1. The van der Waals surface area contributed by atoms with Crippen molar-refractivity contribution in [3.05, 3.63) is 0 Å². The Balaban J connectivity index is 2.23. The molecule has 1 N–H and O–H groups in total. The zero-order chi connectivity index (χ0) is 6.85. The van der Waals surface area contributed by atoms with Crippen molar-refractivity contribution in [3.63, 3.8) is 0 Å². The van der Waals surface area contributed by atoms with Crippen molar-refractivity contribution < 1.29 is 0 Å². The van der Waals surface area contributed by atoms with E-state index in [2.05, 4.69) is 28.5 Å². The molecule has 54 valence electrons. The van der Waals surface area contributed by atoms with Crippen LogP contribution in [0.25, 0.3) is 0 Å². The van der Waals surface area contributed by atoms with Gasteiger partial charge in [-0.2, -0.15) is 0 Å². The lowest BCUT2D eigenvalue weighted by molar-refractivity contribution is 0.527. The molecule has 0 heterocycles. The lowest BCUT2D eigenvalue weighted by Gasteiger charge is -2.11. The molecule has 0 bridgehead atoms. The van der Waals surface area contributed by atoms with Crippen LogP contribution in [0, 0.1) is 11.8 Å². The molecule has 0 aromatic rings. The Labute approximate surface area is 59.8 Å². The maximum absolute atomic E-state index is 3.32. The average molecular weight is 145 g/mol. The first-order valence-electron chi connectivity index (χ1n) is 3.67. The van der Waals surface area contributed by atoms with Crippen molar-refractivity contribution in [2.24, 2.45) is 11.8 Å².